The summed E-state index contributed by atoms with van der Waals surface area (Å²) in [6.07, 6.45) is 0.118. The molecule has 69 heavy (non-hydrogen) atoms. The average molecular weight is 976 g/mol. The summed E-state index contributed by atoms with van der Waals surface area (Å²) in [6.45, 7) is 6.00. The molecule has 360 valence electrons. The zero-order valence-corrected chi connectivity index (χ0v) is 40.5. The van der Waals surface area contributed by atoms with Crippen LogP contribution < -0.4 is 29.1 Å². The van der Waals surface area contributed by atoms with Gasteiger partial charge in [-0.15, -0.1) is 0 Å². The molecule has 1 aliphatic rings. The minimum absolute atomic E-state index is 0.0155. The fourth-order valence-corrected chi connectivity index (χ4v) is 9.60. The second-order valence-electron chi connectivity index (χ2n) is 15.8. The van der Waals surface area contributed by atoms with E-state index >= 15 is 0 Å². The number of hydrogen-bond acceptors (Lipinski definition) is 14. The Morgan fingerprint density at radius 1 is 0.812 bits per heavy atom. The lowest BCUT2D eigenvalue weighted by Crippen LogP contribution is -3.11. The van der Waals surface area contributed by atoms with E-state index in [-0.39, 0.29) is 36.2 Å². The number of quaternary nitrogens is 1. The molecule has 0 saturated carbocycles. The molecule has 5 aromatic carbocycles. The van der Waals surface area contributed by atoms with E-state index in [1.807, 2.05) is 84.9 Å². The predicted octanol–water partition coefficient (Wildman–Crippen LogP) is 7.28. The molecule has 8 rings (SSSR count). The van der Waals surface area contributed by atoms with Crippen LogP contribution in [0.3, 0.4) is 0 Å². The SMILES string of the molecule is CC[NH+](CC)CC.COc1ccc(C(OC[C@H]2O[C@@H](n3cnc4c(NC(=O)c5ccccc5)ncnc43)C[C@@H]2OP([O-])(=S)Oc2ccc([N+](=O)[O-])cc2)(c2ccccc2)c2ccc(OC)cc2)cc1. The number of aromatic nitrogens is 4. The minimum Gasteiger partial charge on any atom is -0.770 e. The highest BCUT2D eigenvalue weighted by Gasteiger charge is 2.44. The molecule has 1 unspecified atom stereocenters. The molecule has 3 heterocycles. The minimum atomic E-state index is -4.35. The normalized spacial score (nSPS) is 16.5. The number of benzene rings is 5. The van der Waals surface area contributed by atoms with Crippen molar-refractivity contribution >= 4 is 47.1 Å². The van der Waals surface area contributed by atoms with E-state index in [1.54, 1.807) is 48.0 Å². The van der Waals surface area contributed by atoms with Gasteiger partial charge in [-0.2, -0.15) is 0 Å². The highest BCUT2D eigenvalue weighted by molar-refractivity contribution is 8.06. The molecular formula is C50H54N7O10PS. The number of non-ortho nitro benzene ring substituents is 1. The topological polar surface area (TPSA) is 199 Å². The first-order valence-corrected chi connectivity index (χ1v) is 24.9. The molecule has 1 aliphatic heterocycles. The van der Waals surface area contributed by atoms with Crippen molar-refractivity contribution in [2.75, 3.05) is 45.8 Å². The largest absolute Gasteiger partial charge is 0.770 e. The Bertz CT molecular complexity index is 2770. The van der Waals surface area contributed by atoms with E-state index in [9.17, 15) is 19.8 Å². The van der Waals surface area contributed by atoms with Crippen LogP contribution in [0.5, 0.6) is 17.2 Å². The Morgan fingerprint density at radius 2 is 1.36 bits per heavy atom. The van der Waals surface area contributed by atoms with Gasteiger partial charge in [0.25, 0.3) is 11.6 Å². The summed E-state index contributed by atoms with van der Waals surface area (Å²) in [5.41, 5.74) is 1.96. The summed E-state index contributed by atoms with van der Waals surface area (Å²) in [6, 6.07) is 38.4. The van der Waals surface area contributed by atoms with E-state index < -0.39 is 35.7 Å². The summed E-state index contributed by atoms with van der Waals surface area (Å²) in [4.78, 5) is 52.8. The zero-order chi connectivity index (χ0) is 49.0. The third-order valence-corrected chi connectivity index (χ3v) is 13.2. The first kappa shape index (κ1) is 50.3. The molecule has 0 spiro atoms. The Labute approximate surface area is 405 Å². The maximum atomic E-state index is 14.0. The van der Waals surface area contributed by atoms with Gasteiger partial charge in [-0.3, -0.25) is 19.5 Å². The number of methoxy groups -OCH3 is 2. The summed E-state index contributed by atoms with van der Waals surface area (Å²) in [5, 5.41) is 14.1. The van der Waals surface area contributed by atoms with Gasteiger partial charge in [-0.05, 0) is 97.8 Å². The number of fused-ring (bicyclic) bond motifs is 1. The van der Waals surface area contributed by atoms with Crippen LogP contribution >= 0.6 is 6.72 Å². The maximum Gasteiger partial charge on any atom is 0.269 e. The van der Waals surface area contributed by atoms with E-state index in [0.29, 0.717) is 28.2 Å². The van der Waals surface area contributed by atoms with Crippen molar-refractivity contribution in [3.8, 4) is 17.2 Å². The zero-order valence-electron chi connectivity index (χ0n) is 38.8. The van der Waals surface area contributed by atoms with Crippen LogP contribution in [-0.4, -0.2) is 83.0 Å². The van der Waals surface area contributed by atoms with Crippen LogP contribution in [0.4, 0.5) is 11.5 Å². The van der Waals surface area contributed by atoms with Gasteiger partial charge in [-0.25, -0.2) is 15.0 Å². The number of nitro groups is 1. The molecule has 7 aromatic rings. The molecule has 2 aromatic heterocycles. The molecule has 1 saturated heterocycles. The van der Waals surface area contributed by atoms with Crippen molar-refractivity contribution in [3.63, 3.8) is 0 Å². The number of nitrogens with one attached hydrogen (secondary N) is 2. The van der Waals surface area contributed by atoms with Gasteiger partial charge in [-0.1, -0.05) is 72.8 Å². The summed E-state index contributed by atoms with van der Waals surface area (Å²) < 4.78 is 38.3. The number of nitrogens with zero attached hydrogens (tertiary/aromatic N) is 5. The standard InChI is InChI=1S/C44H39N6O10PS.C6H15N/c1-55-34-19-13-31(14-20-34)44(30-11-7-4-8-12-30,32-15-21-35(56-2)22-16-32)57-26-38-37(60-61(54,62)59-36-23-17-33(18-24-36)50(52)53)25-39(58-38)49-28-47-40-41(45-27-46-42(40)49)48-43(51)29-9-5-3-6-10-29;1-4-7(5-2)6-3/h3-24,27-28,37-39H,25-26H2,1-2H3,(H,54,62)(H,45,46,48,51);4-6H2,1-3H3/t37-,38+,39+,61?;/m0./s1. The number of ether oxygens (including phenoxy) is 4. The highest BCUT2D eigenvalue weighted by atomic mass is 32.5. The monoisotopic (exact) mass is 975 g/mol. The molecule has 1 amide bonds. The summed E-state index contributed by atoms with van der Waals surface area (Å²) in [7, 11) is 3.18. The molecule has 2 N–H and O–H groups in total. The third kappa shape index (κ3) is 12.0. The number of anilines is 1. The van der Waals surface area contributed by atoms with Gasteiger partial charge in [0.1, 0.15) is 41.5 Å². The lowest BCUT2D eigenvalue weighted by atomic mass is 9.80. The van der Waals surface area contributed by atoms with Crippen LogP contribution in [-0.2, 0) is 31.4 Å². The van der Waals surface area contributed by atoms with Crippen LogP contribution in [0.1, 0.15) is 60.5 Å². The fraction of sp³-hybridized carbons (Fsp3) is 0.280. The van der Waals surface area contributed by atoms with E-state index in [1.165, 1.54) is 56.6 Å². The van der Waals surface area contributed by atoms with Crippen LogP contribution in [0.2, 0.25) is 0 Å². The van der Waals surface area contributed by atoms with Crippen LogP contribution in [0.25, 0.3) is 11.2 Å². The summed E-state index contributed by atoms with van der Waals surface area (Å²) >= 11 is 5.42. The first-order chi connectivity index (χ1) is 33.4. The summed E-state index contributed by atoms with van der Waals surface area (Å²) in [5.74, 6) is 1.12. The lowest BCUT2D eigenvalue weighted by Gasteiger charge is -2.38. The van der Waals surface area contributed by atoms with Gasteiger partial charge in [0.05, 0.1) is 57.8 Å². The van der Waals surface area contributed by atoms with E-state index in [0.717, 1.165) is 16.7 Å². The average Bonchev–Trinajstić information content (AvgIpc) is 4.00. The second-order valence-corrected chi connectivity index (χ2v) is 18.4. The molecule has 4 atom stereocenters. The molecule has 0 aliphatic carbocycles. The van der Waals surface area contributed by atoms with Gasteiger partial charge < -0.3 is 43.1 Å². The second kappa shape index (κ2) is 23.1. The number of carbonyl (C=O) groups excluding carboxylic acids is 1. The lowest BCUT2D eigenvalue weighted by molar-refractivity contribution is -0.894. The van der Waals surface area contributed by atoms with Crippen molar-refractivity contribution < 1.29 is 47.5 Å². The molecule has 1 fully saturated rings. The predicted molar refractivity (Wildman–Crippen MR) is 262 cm³/mol. The molecule has 19 heteroatoms. The molecule has 17 nitrogen and oxygen atoms in total. The number of rotatable bonds is 19. The number of imidazole rings is 1. The molecular weight excluding hydrogens is 922 g/mol. The Hall–Kier alpha value is -6.63. The maximum absolute atomic E-state index is 14.0. The van der Waals surface area contributed by atoms with E-state index in [2.05, 4.69) is 41.0 Å². The Balaban J connectivity index is 0.000000933. The van der Waals surface area contributed by atoms with Crippen LogP contribution in [0, 0.1) is 10.1 Å². The van der Waals surface area contributed by atoms with Gasteiger partial charge >= 0.3 is 0 Å². The smallest absolute Gasteiger partial charge is 0.269 e. The van der Waals surface area contributed by atoms with Crippen molar-refractivity contribution in [2.24, 2.45) is 0 Å². The van der Waals surface area contributed by atoms with Crippen molar-refractivity contribution in [2.45, 2.75) is 51.2 Å². The molecule has 0 bridgehead atoms. The Kier molecular flexibility index (Phi) is 16.8. The third-order valence-electron chi connectivity index (χ3n) is 11.8. The van der Waals surface area contributed by atoms with Gasteiger partial charge in [0.2, 0.25) is 0 Å². The van der Waals surface area contributed by atoms with Gasteiger partial charge in [0.15, 0.2) is 23.7 Å². The van der Waals surface area contributed by atoms with Crippen LogP contribution in [0.15, 0.2) is 146 Å². The number of amides is 1. The van der Waals surface area contributed by atoms with Gasteiger partial charge in [0, 0.05) is 24.1 Å². The number of carbonyl (C=O) groups is 1. The van der Waals surface area contributed by atoms with Crippen molar-refractivity contribution in [1.29, 1.82) is 0 Å². The fourth-order valence-electron chi connectivity index (χ4n) is 8.03. The quantitative estimate of drug-likeness (QED) is 0.0355. The first-order valence-electron chi connectivity index (χ1n) is 22.4. The Morgan fingerprint density at radius 3 is 1.90 bits per heavy atom. The van der Waals surface area contributed by atoms with E-state index in [4.69, 9.17) is 39.8 Å². The van der Waals surface area contributed by atoms with Crippen molar-refractivity contribution in [1.82, 2.24) is 19.5 Å². The molecule has 0 radical (unpaired) electrons. The highest BCUT2D eigenvalue weighted by Crippen LogP contribution is 2.48. The van der Waals surface area contributed by atoms with Crippen molar-refractivity contribution in [3.05, 3.63) is 178 Å². The number of nitro benzene ring substituents is 1. The number of hydrogen-bond donors (Lipinski definition) is 2.